The van der Waals surface area contributed by atoms with Crippen molar-refractivity contribution in [2.45, 2.75) is 12.5 Å². The molecule has 0 fully saturated rings. The molecule has 7 rings (SSSR count). The van der Waals surface area contributed by atoms with Gasteiger partial charge in [0.2, 0.25) is 0 Å². The molecule has 36 heavy (non-hydrogen) atoms. The fourth-order valence-electron chi connectivity index (χ4n) is 5.19. The first-order valence-electron chi connectivity index (χ1n) is 12.2. The van der Waals surface area contributed by atoms with E-state index in [1.807, 2.05) is 18.2 Å². The Morgan fingerprint density at radius 1 is 0.667 bits per heavy atom. The van der Waals surface area contributed by atoms with Crippen LogP contribution in [0.1, 0.15) is 12.5 Å². The van der Waals surface area contributed by atoms with Crippen LogP contribution in [0.4, 0.5) is 0 Å². The van der Waals surface area contributed by atoms with Gasteiger partial charge in [-0.1, -0.05) is 66.8 Å². The lowest BCUT2D eigenvalue weighted by atomic mass is 10.1. The molecule has 0 aliphatic heterocycles. The standard InChI is InChI=1S/C31H23N5/c1-2-10-23(11-3-1)36-30(33-34-31(36)27-14-8-9-21-32-27)22-17-19-24(20-18-22)35-28-15-6-4-12-25(28)26-13-5-7-16-29(26)35/h1-10,12-21,23H,11H2. The Morgan fingerprint density at radius 2 is 1.36 bits per heavy atom. The first kappa shape index (κ1) is 20.6. The van der Waals surface area contributed by atoms with Crippen LogP contribution in [0.3, 0.4) is 0 Å². The molecule has 172 valence electrons. The molecule has 1 unspecified atom stereocenters. The van der Waals surface area contributed by atoms with Crippen molar-refractivity contribution in [3.05, 3.63) is 121 Å². The lowest BCUT2D eigenvalue weighted by Gasteiger charge is -2.19. The van der Waals surface area contributed by atoms with E-state index < -0.39 is 0 Å². The minimum absolute atomic E-state index is 0.133. The number of para-hydroxylation sites is 2. The van der Waals surface area contributed by atoms with Crippen molar-refractivity contribution in [3.8, 4) is 28.6 Å². The van der Waals surface area contributed by atoms with Crippen LogP contribution in [0.25, 0.3) is 50.4 Å². The van der Waals surface area contributed by atoms with Crippen LogP contribution in [0.15, 0.2) is 121 Å². The molecule has 1 aliphatic rings. The smallest absolute Gasteiger partial charge is 0.183 e. The predicted molar refractivity (Wildman–Crippen MR) is 145 cm³/mol. The maximum Gasteiger partial charge on any atom is 0.183 e. The van der Waals surface area contributed by atoms with E-state index >= 15 is 0 Å². The molecule has 1 aliphatic carbocycles. The molecule has 3 heterocycles. The molecule has 0 bridgehead atoms. The normalized spacial score (nSPS) is 15.2. The van der Waals surface area contributed by atoms with Crippen molar-refractivity contribution in [1.29, 1.82) is 0 Å². The second-order valence-electron chi connectivity index (χ2n) is 8.96. The highest BCUT2D eigenvalue weighted by molar-refractivity contribution is 6.09. The minimum atomic E-state index is 0.133. The summed E-state index contributed by atoms with van der Waals surface area (Å²) in [4.78, 5) is 4.55. The Bertz CT molecular complexity index is 1700. The number of nitrogens with zero attached hydrogens (tertiary/aromatic N) is 5. The van der Waals surface area contributed by atoms with E-state index in [-0.39, 0.29) is 6.04 Å². The summed E-state index contributed by atoms with van der Waals surface area (Å²) in [6.07, 6.45) is 11.2. The van der Waals surface area contributed by atoms with Gasteiger partial charge in [0.25, 0.3) is 0 Å². The van der Waals surface area contributed by atoms with E-state index in [0.717, 1.165) is 35.0 Å². The van der Waals surface area contributed by atoms with Crippen molar-refractivity contribution in [3.63, 3.8) is 0 Å². The first-order valence-corrected chi connectivity index (χ1v) is 12.2. The van der Waals surface area contributed by atoms with Crippen LogP contribution < -0.4 is 0 Å². The van der Waals surface area contributed by atoms with Crippen molar-refractivity contribution in [2.24, 2.45) is 0 Å². The van der Waals surface area contributed by atoms with E-state index in [2.05, 4.69) is 121 Å². The minimum Gasteiger partial charge on any atom is -0.309 e. The fraction of sp³-hybridized carbons (Fsp3) is 0.0645. The molecule has 5 nitrogen and oxygen atoms in total. The number of allylic oxidation sites excluding steroid dienone is 4. The fourth-order valence-corrected chi connectivity index (χ4v) is 5.19. The van der Waals surface area contributed by atoms with Gasteiger partial charge in [0, 0.05) is 28.2 Å². The first-order chi connectivity index (χ1) is 17.9. The third-order valence-corrected chi connectivity index (χ3v) is 6.84. The van der Waals surface area contributed by atoms with Gasteiger partial charge in [0.15, 0.2) is 11.6 Å². The molecule has 0 amide bonds. The third-order valence-electron chi connectivity index (χ3n) is 6.84. The summed E-state index contributed by atoms with van der Waals surface area (Å²) >= 11 is 0. The van der Waals surface area contributed by atoms with Gasteiger partial charge in [-0.3, -0.25) is 9.55 Å². The van der Waals surface area contributed by atoms with Gasteiger partial charge < -0.3 is 4.57 Å². The third kappa shape index (κ3) is 3.28. The van der Waals surface area contributed by atoms with Crippen LogP contribution in [0.5, 0.6) is 0 Å². The average Bonchev–Trinajstić information content (AvgIpc) is 3.54. The van der Waals surface area contributed by atoms with Crippen molar-refractivity contribution in [2.75, 3.05) is 0 Å². The SMILES string of the molecule is C1=CCC(n2c(-c3ccc(-n4c5ccccc5c5ccccc54)cc3)nnc2-c2ccccn2)C=C1. The average molecular weight is 466 g/mol. The molecule has 0 N–H and O–H groups in total. The highest BCUT2D eigenvalue weighted by atomic mass is 15.3. The maximum atomic E-state index is 4.64. The monoisotopic (exact) mass is 465 g/mol. The zero-order chi connectivity index (χ0) is 23.9. The lowest BCUT2D eigenvalue weighted by Crippen LogP contribution is -2.11. The lowest BCUT2D eigenvalue weighted by molar-refractivity contribution is 0.616. The van der Waals surface area contributed by atoms with Crippen LogP contribution >= 0.6 is 0 Å². The van der Waals surface area contributed by atoms with Crippen LogP contribution in [0.2, 0.25) is 0 Å². The maximum absolute atomic E-state index is 4.64. The number of pyridine rings is 1. The molecule has 3 aromatic carbocycles. The zero-order valence-electron chi connectivity index (χ0n) is 19.6. The zero-order valence-corrected chi connectivity index (χ0v) is 19.6. The highest BCUT2D eigenvalue weighted by Crippen LogP contribution is 2.34. The quantitative estimate of drug-likeness (QED) is 0.277. The number of benzene rings is 3. The van der Waals surface area contributed by atoms with Gasteiger partial charge in [0.1, 0.15) is 5.69 Å². The summed E-state index contributed by atoms with van der Waals surface area (Å²) in [5.41, 5.74) is 5.36. The Morgan fingerprint density at radius 3 is 2.03 bits per heavy atom. The topological polar surface area (TPSA) is 48.5 Å². The Hall–Kier alpha value is -4.77. The van der Waals surface area contributed by atoms with Crippen LogP contribution in [-0.2, 0) is 0 Å². The summed E-state index contributed by atoms with van der Waals surface area (Å²) in [6, 6.07) is 31.8. The molecular weight excluding hydrogens is 442 g/mol. The second kappa shape index (κ2) is 8.47. The summed E-state index contributed by atoms with van der Waals surface area (Å²) in [5, 5.41) is 11.7. The van der Waals surface area contributed by atoms with Gasteiger partial charge in [-0.2, -0.15) is 0 Å². The number of hydrogen-bond acceptors (Lipinski definition) is 3. The Kier molecular flexibility index (Phi) is 4.84. The van der Waals surface area contributed by atoms with Gasteiger partial charge in [-0.15, -0.1) is 10.2 Å². The summed E-state index contributed by atoms with van der Waals surface area (Å²) < 4.78 is 4.53. The summed E-state index contributed by atoms with van der Waals surface area (Å²) in [5.74, 6) is 1.62. The van der Waals surface area contributed by atoms with Crippen molar-refractivity contribution in [1.82, 2.24) is 24.3 Å². The molecule has 0 radical (unpaired) electrons. The van der Waals surface area contributed by atoms with Gasteiger partial charge in [-0.05, 0) is 55.0 Å². The molecular formula is C31H23N5. The van der Waals surface area contributed by atoms with E-state index in [1.54, 1.807) is 6.20 Å². The number of hydrogen-bond donors (Lipinski definition) is 0. The highest BCUT2D eigenvalue weighted by Gasteiger charge is 2.22. The predicted octanol–water partition coefficient (Wildman–Crippen LogP) is 7.16. The van der Waals surface area contributed by atoms with Crippen molar-refractivity contribution < 1.29 is 0 Å². The van der Waals surface area contributed by atoms with Crippen molar-refractivity contribution >= 4 is 21.8 Å². The summed E-state index contributed by atoms with van der Waals surface area (Å²) in [6.45, 7) is 0. The Labute approximate surface area is 208 Å². The second-order valence-corrected chi connectivity index (χ2v) is 8.96. The number of aromatic nitrogens is 5. The largest absolute Gasteiger partial charge is 0.309 e. The number of fused-ring (bicyclic) bond motifs is 3. The molecule has 1 atom stereocenters. The molecule has 3 aromatic heterocycles. The molecule has 6 aromatic rings. The molecule has 0 spiro atoms. The van der Waals surface area contributed by atoms with E-state index in [1.165, 1.54) is 21.8 Å². The Balaban J connectivity index is 1.36. The summed E-state index contributed by atoms with van der Waals surface area (Å²) in [7, 11) is 0. The van der Waals surface area contributed by atoms with Gasteiger partial charge in [0.05, 0.1) is 17.1 Å². The van der Waals surface area contributed by atoms with E-state index in [9.17, 15) is 0 Å². The van der Waals surface area contributed by atoms with Gasteiger partial charge >= 0.3 is 0 Å². The molecule has 0 saturated heterocycles. The van der Waals surface area contributed by atoms with Crippen LogP contribution in [0, 0.1) is 0 Å². The molecule has 5 heteroatoms. The van der Waals surface area contributed by atoms with Gasteiger partial charge in [-0.25, -0.2) is 0 Å². The van der Waals surface area contributed by atoms with Crippen LogP contribution in [-0.4, -0.2) is 24.3 Å². The van der Waals surface area contributed by atoms with E-state index in [0.29, 0.717) is 0 Å². The molecule has 0 saturated carbocycles. The van der Waals surface area contributed by atoms with E-state index in [4.69, 9.17) is 0 Å². The number of rotatable bonds is 4.